The molecule has 0 aromatic heterocycles. The van der Waals surface area contributed by atoms with Crippen LogP contribution in [0.3, 0.4) is 0 Å². The number of rotatable bonds is 8. The quantitative estimate of drug-likeness (QED) is 0.241. The summed E-state index contributed by atoms with van der Waals surface area (Å²) in [5.41, 5.74) is 0.817. The Labute approximate surface area is 334 Å². The van der Waals surface area contributed by atoms with E-state index < -0.39 is 22.9 Å². The second kappa shape index (κ2) is 12.5. The molecule has 5 heteroatoms. The molecular weight excluding hydrogens is 681 g/mol. The van der Waals surface area contributed by atoms with Crippen LogP contribution in [0.15, 0.2) is 11.6 Å². The van der Waals surface area contributed by atoms with E-state index in [4.69, 9.17) is 0 Å². The minimum Gasteiger partial charge on any atom is -0.481 e. The second-order valence-corrected chi connectivity index (χ2v) is 24.4. The zero-order valence-corrected chi connectivity index (χ0v) is 36.7. The summed E-state index contributed by atoms with van der Waals surface area (Å²) in [5.74, 6) is 2.02. The summed E-state index contributed by atoms with van der Waals surface area (Å²) in [4.78, 5) is 40.8. The van der Waals surface area contributed by atoms with Gasteiger partial charge in [-0.2, -0.15) is 0 Å². The fourth-order valence-corrected chi connectivity index (χ4v) is 18.3. The maximum Gasteiger partial charge on any atom is 0.310 e. The van der Waals surface area contributed by atoms with E-state index in [0.717, 1.165) is 38.5 Å². The van der Waals surface area contributed by atoms with Crippen LogP contribution < -0.4 is 0 Å². The minimum absolute atomic E-state index is 0.0923. The number of carbonyl (C=O) groups is 3. The Hall–Kier alpha value is -1.49. The highest BCUT2D eigenvalue weighted by Crippen LogP contribution is 2.89. The van der Waals surface area contributed by atoms with Crippen molar-refractivity contribution in [2.45, 2.75) is 197 Å². The SMILES string of the molecule is C[C@H](CC(=O)[C@H]1CC(CC[C@@H]2[C@@]3(C)CCCC(C)(C)C3CC[C@@]2(C)O)=CC[C@]1(C)C(=O)O)[C@H]1CC[C@@]2(C)[C@@H]3CC[C@H]4C(C)(C)C(=O)CC[C@@]45C[C@@]35CC[C@]12C. The molecule has 7 fully saturated rings. The van der Waals surface area contributed by atoms with Crippen LogP contribution in [0.5, 0.6) is 0 Å². The monoisotopic (exact) mass is 759 g/mol. The zero-order valence-electron chi connectivity index (χ0n) is 36.7. The number of ketones is 2. The van der Waals surface area contributed by atoms with Gasteiger partial charge < -0.3 is 10.2 Å². The van der Waals surface area contributed by atoms with Crippen molar-refractivity contribution >= 4 is 17.5 Å². The molecule has 0 saturated heterocycles. The summed E-state index contributed by atoms with van der Waals surface area (Å²) in [7, 11) is 0. The molecule has 7 saturated carbocycles. The van der Waals surface area contributed by atoms with Gasteiger partial charge in [0.25, 0.3) is 0 Å². The van der Waals surface area contributed by atoms with Crippen LogP contribution in [0.2, 0.25) is 0 Å². The van der Waals surface area contributed by atoms with Crippen LogP contribution in [-0.4, -0.2) is 33.3 Å². The Morgan fingerprint density at radius 1 is 0.800 bits per heavy atom. The molecule has 8 aliphatic carbocycles. The van der Waals surface area contributed by atoms with Gasteiger partial charge in [0.1, 0.15) is 11.6 Å². The molecule has 308 valence electrons. The molecule has 0 amide bonds. The summed E-state index contributed by atoms with van der Waals surface area (Å²) < 4.78 is 0. The lowest BCUT2D eigenvalue weighted by atomic mass is 9.42. The van der Waals surface area contributed by atoms with E-state index in [2.05, 4.69) is 68.4 Å². The number of aliphatic carboxylic acids is 1. The molecular formula is C50H78O5. The normalized spacial score (nSPS) is 51.3. The predicted octanol–water partition coefficient (Wildman–Crippen LogP) is 11.8. The number of allylic oxidation sites excluding steroid dienone is 2. The van der Waals surface area contributed by atoms with E-state index in [0.29, 0.717) is 59.5 Å². The molecule has 2 N–H and O–H groups in total. The average molecular weight is 759 g/mol. The topological polar surface area (TPSA) is 91.7 Å². The Morgan fingerprint density at radius 3 is 2.20 bits per heavy atom. The van der Waals surface area contributed by atoms with Crippen LogP contribution in [0, 0.1) is 84.7 Å². The van der Waals surface area contributed by atoms with Gasteiger partial charge in [-0.3, -0.25) is 14.4 Å². The van der Waals surface area contributed by atoms with Crippen molar-refractivity contribution in [3.8, 4) is 0 Å². The number of carbonyl (C=O) groups excluding carboxylic acids is 2. The number of hydrogen-bond acceptors (Lipinski definition) is 4. The number of carboxylic acids is 1. The van der Waals surface area contributed by atoms with Gasteiger partial charge in [-0.15, -0.1) is 0 Å². The van der Waals surface area contributed by atoms with E-state index in [1.807, 2.05) is 6.92 Å². The van der Waals surface area contributed by atoms with E-state index in [1.54, 1.807) is 0 Å². The Bertz CT molecular complexity index is 1650. The van der Waals surface area contributed by atoms with Crippen molar-refractivity contribution in [1.82, 2.24) is 0 Å². The van der Waals surface area contributed by atoms with Gasteiger partial charge in [0.2, 0.25) is 0 Å². The average Bonchev–Trinajstić information content (AvgIpc) is 3.67. The Balaban J connectivity index is 0.969. The lowest BCUT2D eigenvalue weighted by Gasteiger charge is -2.62. The van der Waals surface area contributed by atoms with Gasteiger partial charge in [-0.1, -0.05) is 73.5 Å². The molecule has 55 heavy (non-hydrogen) atoms. The predicted molar refractivity (Wildman–Crippen MR) is 219 cm³/mol. The van der Waals surface area contributed by atoms with Crippen molar-refractivity contribution in [2.24, 2.45) is 84.7 Å². The van der Waals surface area contributed by atoms with Crippen molar-refractivity contribution < 1.29 is 24.6 Å². The van der Waals surface area contributed by atoms with E-state index in [9.17, 15) is 24.6 Å². The molecule has 0 radical (unpaired) electrons. The van der Waals surface area contributed by atoms with Crippen LogP contribution in [0.25, 0.3) is 0 Å². The van der Waals surface area contributed by atoms with Gasteiger partial charge >= 0.3 is 5.97 Å². The van der Waals surface area contributed by atoms with E-state index in [-0.39, 0.29) is 44.7 Å². The van der Waals surface area contributed by atoms with E-state index in [1.165, 1.54) is 69.8 Å². The Morgan fingerprint density at radius 2 is 1.49 bits per heavy atom. The summed E-state index contributed by atoms with van der Waals surface area (Å²) in [6.45, 7) is 23.2. The van der Waals surface area contributed by atoms with Crippen molar-refractivity contribution in [1.29, 1.82) is 0 Å². The number of aliphatic hydroxyl groups is 1. The molecule has 0 aromatic carbocycles. The highest BCUT2D eigenvalue weighted by molar-refractivity contribution is 5.89. The van der Waals surface area contributed by atoms with Crippen molar-refractivity contribution in [2.75, 3.05) is 0 Å². The van der Waals surface area contributed by atoms with Crippen molar-refractivity contribution in [3.05, 3.63) is 11.6 Å². The summed E-state index contributed by atoms with van der Waals surface area (Å²) >= 11 is 0. The third-order valence-corrected chi connectivity index (χ3v) is 21.6. The standard InChI is InChI=1S/C50H78O5/c1-31(33-17-23-47(9)39-15-14-37-43(4,5)40(52)19-25-49(37)30-50(39,49)27-26-46(33,47)8)28-35(51)34-29-32(16-22-44(34,6)41(53)54)12-13-38-45(7)21-11-20-42(2,3)36(45)18-24-48(38,10)55/h16,31,33-34,36-39,55H,11-15,17-30H2,1-10H3,(H,53,54)/t31-,33-,34-,36?,37+,38-,39+,44+,45+,46-,47+,48-,49-,50+/m1/s1. The van der Waals surface area contributed by atoms with Gasteiger partial charge in [0, 0.05) is 24.2 Å². The summed E-state index contributed by atoms with van der Waals surface area (Å²) in [6, 6.07) is 0. The van der Waals surface area contributed by atoms with Crippen LogP contribution in [0.1, 0.15) is 191 Å². The second-order valence-electron chi connectivity index (χ2n) is 24.4. The molecule has 5 nitrogen and oxygen atoms in total. The first-order valence-corrected chi connectivity index (χ1v) is 23.2. The fourth-order valence-electron chi connectivity index (χ4n) is 18.3. The van der Waals surface area contributed by atoms with Crippen LogP contribution in [0.4, 0.5) is 0 Å². The highest BCUT2D eigenvalue weighted by Gasteiger charge is 2.82. The fraction of sp³-hybridized carbons (Fsp3) is 0.900. The first kappa shape index (κ1) is 40.3. The Kier molecular flexibility index (Phi) is 9.17. The lowest BCUT2D eigenvalue weighted by molar-refractivity contribution is -0.169. The molecule has 14 atom stereocenters. The molecule has 8 aliphatic rings. The van der Waals surface area contributed by atoms with Crippen LogP contribution >= 0.6 is 0 Å². The maximum absolute atomic E-state index is 14.7. The van der Waals surface area contributed by atoms with Gasteiger partial charge in [0.15, 0.2) is 0 Å². The molecule has 0 bridgehead atoms. The third kappa shape index (κ3) is 5.40. The number of Topliss-reactive ketones (excluding diaryl/α,β-unsaturated/α-hetero) is 2. The maximum atomic E-state index is 14.7. The zero-order chi connectivity index (χ0) is 40.0. The number of carboxylic acid groups (broad SMARTS) is 1. The first-order chi connectivity index (χ1) is 25.5. The van der Waals surface area contributed by atoms with Crippen molar-refractivity contribution in [3.63, 3.8) is 0 Å². The van der Waals surface area contributed by atoms with E-state index >= 15 is 0 Å². The largest absolute Gasteiger partial charge is 0.481 e. The van der Waals surface area contributed by atoms with Crippen LogP contribution in [-0.2, 0) is 14.4 Å². The van der Waals surface area contributed by atoms with Gasteiger partial charge in [-0.05, 0) is 185 Å². The third-order valence-electron chi connectivity index (χ3n) is 21.6. The molecule has 0 aliphatic heterocycles. The highest BCUT2D eigenvalue weighted by atomic mass is 16.4. The molecule has 8 rings (SSSR count). The molecule has 2 spiro atoms. The number of fused-ring (bicyclic) bond motifs is 3. The lowest BCUT2D eigenvalue weighted by Crippen LogP contribution is -2.57. The number of hydrogen-bond donors (Lipinski definition) is 2. The van der Waals surface area contributed by atoms with Gasteiger partial charge in [-0.25, -0.2) is 0 Å². The molecule has 0 heterocycles. The minimum atomic E-state index is -1.08. The molecule has 0 aromatic rings. The van der Waals surface area contributed by atoms with Gasteiger partial charge in [0.05, 0.1) is 11.0 Å². The summed E-state index contributed by atoms with van der Waals surface area (Å²) in [6.07, 6.45) is 21.4. The summed E-state index contributed by atoms with van der Waals surface area (Å²) in [5, 5.41) is 22.5. The first-order valence-electron chi connectivity index (χ1n) is 23.2. The molecule has 1 unspecified atom stereocenters. The smallest absolute Gasteiger partial charge is 0.310 e.